The van der Waals surface area contributed by atoms with Crippen LogP contribution in [0, 0.1) is 11.3 Å². The molecule has 1 aromatic rings. The number of rotatable bonds is 8. The van der Waals surface area contributed by atoms with Crippen molar-refractivity contribution in [3.05, 3.63) is 41.6 Å². The van der Waals surface area contributed by atoms with Gasteiger partial charge in [0.05, 0.1) is 18.8 Å². The van der Waals surface area contributed by atoms with Gasteiger partial charge in [-0.05, 0) is 24.3 Å². The third-order valence-electron chi connectivity index (χ3n) is 2.84. The smallest absolute Gasteiger partial charge is 0.335 e. The van der Waals surface area contributed by atoms with Crippen LogP contribution >= 0.6 is 0 Å². The molecule has 122 valence electrons. The fraction of sp³-hybridized carbons (Fsp3) is 0.267. The second-order valence-corrected chi connectivity index (χ2v) is 4.47. The number of aromatic carboxylic acids is 1. The average molecular weight is 319 g/mol. The van der Waals surface area contributed by atoms with Crippen LogP contribution in [0.5, 0.6) is 0 Å². The number of nitriles is 1. The van der Waals surface area contributed by atoms with Crippen molar-refractivity contribution in [3.8, 4) is 6.07 Å². The Kier molecular flexibility index (Phi) is 7.26. The highest BCUT2D eigenvalue weighted by Gasteiger charge is 2.12. The van der Waals surface area contributed by atoms with E-state index in [1.807, 2.05) is 0 Å². The first kappa shape index (κ1) is 18.2. The largest absolute Gasteiger partial charge is 0.478 e. The summed E-state index contributed by atoms with van der Waals surface area (Å²) < 4.78 is 0. The van der Waals surface area contributed by atoms with Crippen molar-refractivity contribution in [2.45, 2.75) is 0 Å². The minimum absolute atomic E-state index is 0.0797. The molecule has 0 unspecified atom stereocenters. The average Bonchev–Trinajstić information content (AvgIpc) is 2.53. The summed E-state index contributed by atoms with van der Waals surface area (Å²) in [6.45, 7) is -0.0282. The van der Waals surface area contributed by atoms with Crippen molar-refractivity contribution in [2.24, 2.45) is 0 Å². The first-order chi connectivity index (χ1) is 11.0. The quantitative estimate of drug-likeness (QED) is 0.392. The standard InChI is InChI=1S/C15H17N3O5/c16-9-12(10-18(5-7-19)6-8-20)14(21)17-13-3-1-11(2-4-13)15(22)23/h1-4,10,19-20H,5-8H2,(H,17,21)(H,22,23)/b12-10-. The molecular formula is C15H17N3O5. The van der Waals surface area contributed by atoms with E-state index < -0.39 is 11.9 Å². The summed E-state index contributed by atoms with van der Waals surface area (Å²) in [4.78, 5) is 24.2. The van der Waals surface area contributed by atoms with Gasteiger partial charge in [-0.1, -0.05) is 0 Å². The topological polar surface area (TPSA) is 134 Å². The Morgan fingerprint density at radius 3 is 2.17 bits per heavy atom. The van der Waals surface area contributed by atoms with Gasteiger partial charge in [-0.3, -0.25) is 4.79 Å². The predicted molar refractivity (Wildman–Crippen MR) is 81.5 cm³/mol. The van der Waals surface area contributed by atoms with Gasteiger partial charge in [-0.25, -0.2) is 4.79 Å². The number of aliphatic hydroxyl groups excluding tert-OH is 2. The Labute approximate surface area is 132 Å². The highest BCUT2D eigenvalue weighted by atomic mass is 16.4. The van der Waals surface area contributed by atoms with Gasteiger partial charge >= 0.3 is 5.97 Å². The third-order valence-corrected chi connectivity index (χ3v) is 2.84. The van der Waals surface area contributed by atoms with Crippen molar-refractivity contribution in [1.82, 2.24) is 4.90 Å². The molecule has 0 aliphatic rings. The van der Waals surface area contributed by atoms with Gasteiger partial charge < -0.3 is 25.5 Å². The van der Waals surface area contributed by atoms with E-state index >= 15 is 0 Å². The molecule has 0 aromatic heterocycles. The van der Waals surface area contributed by atoms with E-state index in [4.69, 9.17) is 20.6 Å². The molecule has 0 radical (unpaired) electrons. The Hall–Kier alpha value is -2.89. The van der Waals surface area contributed by atoms with E-state index in [0.29, 0.717) is 5.69 Å². The van der Waals surface area contributed by atoms with Crippen molar-refractivity contribution < 1.29 is 24.9 Å². The Morgan fingerprint density at radius 2 is 1.74 bits per heavy atom. The zero-order valence-corrected chi connectivity index (χ0v) is 12.3. The van der Waals surface area contributed by atoms with Crippen LogP contribution in [0.2, 0.25) is 0 Å². The highest BCUT2D eigenvalue weighted by molar-refractivity contribution is 6.06. The first-order valence-electron chi connectivity index (χ1n) is 6.74. The molecule has 0 aliphatic carbocycles. The summed E-state index contributed by atoms with van der Waals surface area (Å²) in [5, 5.41) is 38.2. The number of carboxylic acids is 1. The Balaban J connectivity index is 2.83. The molecule has 0 saturated heterocycles. The van der Waals surface area contributed by atoms with Gasteiger partial charge in [0.15, 0.2) is 0 Å². The summed E-state index contributed by atoms with van der Waals surface area (Å²) >= 11 is 0. The Bertz CT molecular complexity index is 613. The number of nitrogens with zero attached hydrogens (tertiary/aromatic N) is 2. The van der Waals surface area contributed by atoms with Crippen LogP contribution in [0.1, 0.15) is 10.4 Å². The number of anilines is 1. The molecule has 1 rings (SSSR count). The molecular weight excluding hydrogens is 302 g/mol. The van der Waals surface area contributed by atoms with Crippen molar-refractivity contribution in [3.63, 3.8) is 0 Å². The lowest BCUT2D eigenvalue weighted by atomic mass is 10.2. The summed E-state index contributed by atoms with van der Waals surface area (Å²) in [5.41, 5.74) is 0.224. The number of amides is 1. The van der Waals surface area contributed by atoms with Crippen LogP contribution in [0.3, 0.4) is 0 Å². The second-order valence-electron chi connectivity index (χ2n) is 4.47. The number of carboxylic acid groups (broad SMARTS) is 1. The van der Waals surface area contributed by atoms with Crippen LogP contribution < -0.4 is 5.32 Å². The van der Waals surface area contributed by atoms with Crippen LogP contribution in [-0.2, 0) is 4.79 Å². The molecule has 1 amide bonds. The zero-order valence-electron chi connectivity index (χ0n) is 12.3. The number of benzene rings is 1. The molecule has 0 atom stereocenters. The molecule has 0 heterocycles. The van der Waals surface area contributed by atoms with Gasteiger partial charge in [0.1, 0.15) is 11.6 Å². The minimum Gasteiger partial charge on any atom is -0.478 e. The van der Waals surface area contributed by atoms with Crippen molar-refractivity contribution in [2.75, 3.05) is 31.6 Å². The summed E-state index contributed by atoms with van der Waals surface area (Å²) in [5.74, 6) is -1.75. The molecule has 23 heavy (non-hydrogen) atoms. The van der Waals surface area contributed by atoms with E-state index in [0.717, 1.165) is 0 Å². The number of hydrogen-bond acceptors (Lipinski definition) is 6. The van der Waals surface area contributed by atoms with Gasteiger partial charge in [0.2, 0.25) is 0 Å². The van der Waals surface area contributed by atoms with Crippen molar-refractivity contribution in [1.29, 1.82) is 5.26 Å². The number of nitrogens with one attached hydrogen (secondary N) is 1. The molecule has 0 saturated carbocycles. The first-order valence-corrected chi connectivity index (χ1v) is 6.74. The van der Waals surface area contributed by atoms with E-state index in [1.165, 1.54) is 35.4 Å². The van der Waals surface area contributed by atoms with Crippen LogP contribution in [0.4, 0.5) is 5.69 Å². The minimum atomic E-state index is -1.08. The van der Waals surface area contributed by atoms with Crippen LogP contribution in [0.15, 0.2) is 36.0 Å². The molecule has 1 aromatic carbocycles. The predicted octanol–water partition coefficient (Wildman–Crippen LogP) is 0.0174. The number of aliphatic hydroxyl groups is 2. The van der Waals surface area contributed by atoms with E-state index in [1.54, 1.807) is 6.07 Å². The van der Waals surface area contributed by atoms with Crippen LogP contribution in [-0.4, -0.2) is 58.4 Å². The van der Waals surface area contributed by atoms with E-state index in [-0.39, 0.29) is 37.4 Å². The van der Waals surface area contributed by atoms with Gasteiger partial charge in [-0.15, -0.1) is 0 Å². The molecule has 0 bridgehead atoms. The second kappa shape index (κ2) is 9.19. The van der Waals surface area contributed by atoms with Crippen LogP contribution in [0.25, 0.3) is 0 Å². The van der Waals surface area contributed by atoms with Gasteiger partial charge in [-0.2, -0.15) is 5.26 Å². The van der Waals surface area contributed by atoms with Gasteiger partial charge in [0, 0.05) is 25.0 Å². The number of carbonyl (C=O) groups is 2. The fourth-order valence-electron chi connectivity index (χ4n) is 1.71. The third kappa shape index (κ3) is 5.78. The number of hydrogen-bond donors (Lipinski definition) is 4. The zero-order chi connectivity index (χ0) is 17.2. The lowest BCUT2D eigenvalue weighted by Gasteiger charge is -2.18. The van der Waals surface area contributed by atoms with Gasteiger partial charge in [0.25, 0.3) is 5.91 Å². The Morgan fingerprint density at radius 1 is 1.17 bits per heavy atom. The highest BCUT2D eigenvalue weighted by Crippen LogP contribution is 2.11. The monoisotopic (exact) mass is 319 g/mol. The molecule has 8 nitrogen and oxygen atoms in total. The molecule has 0 fully saturated rings. The summed E-state index contributed by atoms with van der Waals surface area (Å²) in [6, 6.07) is 7.24. The molecule has 0 spiro atoms. The van der Waals surface area contributed by atoms with E-state index in [2.05, 4.69) is 5.32 Å². The lowest BCUT2D eigenvalue weighted by Crippen LogP contribution is -2.26. The fourth-order valence-corrected chi connectivity index (χ4v) is 1.71. The molecule has 8 heteroatoms. The SMILES string of the molecule is N#C/C(=C/N(CCO)CCO)C(=O)Nc1ccc(C(=O)O)cc1. The summed E-state index contributed by atoms with van der Waals surface area (Å²) in [7, 11) is 0. The maximum Gasteiger partial charge on any atom is 0.335 e. The van der Waals surface area contributed by atoms with Crippen molar-refractivity contribution >= 4 is 17.6 Å². The maximum absolute atomic E-state index is 12.0. The normalized spacial score (nSPS) is 10.7. The van der Waals surface area contributed by atoms with E-state index in [9.17, 15) is 9.59 Å². The lowest BCUT2D eigenvalue weighted by molar-refractivity contribution is -0.112. The molecule has 0 aliphatic heterocycles. The summed E-state index contributed by atoms with van der Waals surface area (Å²) in [6.07, 6.45) is 1.26. The number of carbonyl (C=O) groups excluding carboxylic acids is 1. The molecule has 4 N–H and O–H groups in total. The maximum atomic E-state index is 12.0.